The Morgan fingerprint density at radius 3 is 2.35 bits per heavy atom. The maximum Gasteiger partial charge on any atom is 0.289 e. The molecule has 4 rings (SSSR count). The van der Waals surface area contributed by atoms with E-state index in [1.54, 1.807) is 17.0 Å². The second-order valence-electron chi connectivity index (χ2n) is 7.93. The fourth-order valence-corrected chi connectivity index (χ4v) is 3.97. The fraction of sp³-hybridized carbons (Fsp3) is 0.280. The minimum Gasteiger partial charge on any atom is -0.459 e. The summed E-state index contributed by atoms with van der Waals surface area (Å²) in [5, 5.41) is 3.13. The molecular formula is C25H27N3O3. The number of aryl methyl sites for hydroxylation is 2. The molecule has 2 heterocycles. The van der Waals surface area contributed by atoms with Gasteiger partial charge in [0, 0.05) is 31.9 Å². The molecule has 160 valence electrons. The van der Waals surface area contributed by atoms with E-state index < -0.39 is 6.04 Å². The second kappa shape index (κ2) is 9.18. The van der Waals surface area contributed by atoms with Crippen LogP contribution in [-0.4, -0.2) is 47.8 Å². The molecule has 0 aliphatic carbocycles. The van der Waals surface area contributed by atoms with Crippen molar-refractivity contribution >= 4 is 17.5 Å². The number of rotatable bonds is 5. The van der Waals surface area contributed by atoms with Crippen molar-refractivity contribution in [2.24, 2.45) is 0 Å². The van der Waals surface area contributed by atoms with E-state index in [1.165, 1.54) is 6.26 Å². The zero-order chi connectivity index (χ0) is 21.8. The van der Waals surface area contributed by atoms with Crippen molar-refractivity contribution < 1.29 is 14.0 Å². The highest BCUT2D eigenvalue weighted by molar-refractivity contribution is 5.96. The van der Waals surface area contributed by atoms with Gasteiger partial charge < -0.3 is 14.6 Å². The van der Waals surface area contributed by atoms with Crippen LogP contribution in [0.1, 0.15) is 33.3 Å². The number of nitrogens with one attached hydrogen (secondary N) is 1. The number of carbonyl (C=O) groups is 2. The molecule has 1 aliphatic rings. The second-order valence-corrected chi connectivity index (χ2v) is 7.93. The molecule has 1 aliphatic heterocycles. The minimum absolute atomic E-state index is 0.0642. The number of hydrogen-bond acceptors (Lipinski definition) is 4. The van der Waals surface area contributed by atoms with Gasteiger partial charge in [0.05, 0.1) is 6.26 Å². The van der Waals surface area contributed by atoms with Crippen molar-refractivity contribution in [3.63, 3.8) is 0 Å². The first-order valence-electron chi connectivity index (χ1n) is 10.5. The number of hydrogen-bond donors (Lipinski definition) is 1. The summed E-state index contributed by atoms with van der Waals surface area (Å²) in [6, 6.07) is 18.8. The van der Waals surface area contributed by atoms with Crippen LogP contribution in [0.4, 0.5) is 5.69 Å². The van der Waals surface area contributed by atoms with E-state index in [1.807, 2.05) is 62.4 Å². The first-order valence-corrected chi connectivity index (χ1v) is 10.5. The molecule has 6 nitrogen and oxygen atoms in total. The molecule has 0 saturated carbocycles. The Hall–Kier alpha value is -3.38. The number of furan rings is 1. The van der Waals surface area contributed by atoms with E-state index in [0.717, 1.165) is 22.4 Å². The summed E-state index contributed by atoms with van der Waals surface area (Å²) in [6.07, 6.45) is 1.51. The lowest BCUT2D eigenvalue weighted by atomic mass is 10.0. The highest BCUT2D eigenvalue weighted by Gasteiger charge is 2.32. The summed E-state index contributed by atoms with van der Waals surface area (Å²) in [6.45, 7) is 6.29. The molecule has 0 bridgehead atoms. The van der Waals surface area contributed by atoms with Gasteiger partial charge in [0.25, 0.3) is 5.91 Å². The van der Waals surface area contributed by atoms with Crippen LogP contribution >= 0.6 is 0 Å². The van der Waals surface area contributed by atoms with Crippen LogP contribution in [0.25, 0.3) is 0 Å². The largest absolute Gasteiger partial charge is 0.459 e. The van der Waals surface area contributed by atoms with Gasteiger partial charge in [0.1, 0.15) is 6.04 Å². The van der Waals surface area contributed by atoms with Crippen LogP contribution in [0.15, 0.2) is 71.3 Å². The maximum absolute atomic E-state index is 13.4. The predicted octanol–water partition coefficient (Wildman–Crippen LogP) is 4.03. The monoisotopic (exact) mass is 417 g/mol. The van der Waals surface area contributed by atoms with Crippen LogP contribution in [0.5, 0.6) is 0 Å². The third kappa shape index (κ3) is 4.70. The summed E-state index contributed by atoms with van der Waals surface area (Å²) < 4.78 is 5.25. The lowest BCUT2D eigenvalue weighted by Crippen LogP contribution is -2.51. The van der Waals surface area contributed by atoms with Crippen molar-refractivity contribution in [3.05, 3.63) is 89.4 Å². The van der Waals surface area contributed by atoms with E-state index >= 15 is 0 Å². The van der Waals surface area contributed by atoms with Crippen LogP contribution in [0, 0.1) is 13.8 Å². The molecule has 1 atom stereocenters. The molecule has 1 N–H and O–H groups in total. The Morgan fingerprint density at radius 2 is 1.68 bits per heavy atom. The van der Waals surface area contributed by atoms with Gasteiger partial charge in [-0.25, -0.2) is 0 Å². The van der Waals surface area contributed by atoms with Gasteiger partial charge in [0.2, 0.25) is 5.91 Å². The number of nitrogens with zero attached hydrogens (tertiary/aromatic N) is 2. The van der Waals surface area contributed by atoms with Crippen LogP contribution in [0.3, 0.4) is 0 Å². The molecule has 1 fully saturated rings. The third-order valence-corrected chi connectivity index (χ3v) is 5.71. The number of carbonyl (C=O) groups excluding carboxylic acids is 2. The number of anilines is 1. The highest BCUT2D eigenvalue weighted by Crippen LogP contribution is 2.26. The van der Waals surface area contributed by atoms with Crippen LogP contribution < -0.4 is 5.32 Å². The fourth-order valence-electron chi connectivity index (χ4n) is 3.97. The van der Waals surface area contributed by atoms with Crippen LogP contribution in [0.2, 0.25) is 0 Å². The van der Waals surface area contributed by atoms with Gasteiger partial charge in [-0.3, -0.25) is 14.5 Å². The summed E-state index contributed by atoms with van der Waals surface area (Å²) in [7, 11) is 0. The summed E-state index contributed by atoms with van der Waals surface area (Å²) >= 11 is 0. The average Bonchev–Trinajstić information content (AvgIpc) is 3.32. The zero-order valence-electron chi connectivity index (χ0n) is 17.9. The number of piperazine rings is 1. The Bertz CT molecular complexity index is 1040. The Kier molecular flexibility index (Phi) is 6.18. The Balaban J connectivity index is 1.52. The molecule has 2 amide bonds. The quantitative estimate of drug-likeness (QED) is 0.681. The van der Waals surface area contributed by atoms with Crippen LogP contribution in [-0.2, 0) is 4.79 Å². The van der Waals surface area contributed by atoms with Crippen molar-refractivity contribution in [2.45, 2.75) is 19.9 Å². The lowest BCUT2D eigenvalue weighted by molar-refractivity contribution is -0.122. The molecule has 0 spiro atoms. The van der Waals surface area contributed by atoms with Gasteiger partial charge in [-0.1, -0.05) is 42.5 Å². The first-order chi connectivity index (χ1) is 15.0. The molecule has 31 heavy (non-hydrogen) atoms. The molecule has 1 saturated heterocycles. The third-order valence-electron chi connectivity index (χ3n) is 5.71. The van der Waals surface area contributed by atoms with E-state index in [4.69, 9.17) is 4.42 Å². The standard InChI is InChI=1S/C25H27N3O3/c1-18-10-11-19(2)21(17-18)26-24(29)23(20-7-4-3-5-8-20)27-12-14-28(15-13-27)25(30)22-9-6-16-31-22/h3-11,16-17,23H,12-15H2,1-2H3,(H,26,29)/t23-/m1/s1. The average molecular weight is 418 g/mol. The molecule has 0 radical (unpaired) electrons. The van der Waals surface area contributed by atoms with E-state index in [0.29, 0.717) is 31.9 Å². The van der Waals surface area contributed by atoms with Gasteiger partial charge in [-0.15, -0.1) is 0 Å². The topological polar surface area (TPSA) is 65.8 Å². The highest BCUT2D eigenvalue weighted by atomic mass is 16.3. The van der Waals surface area contributed by atoms with E-state index in [2.05, 4.69) is 10.2 Å². The van der Waals surface area contributed by atoms with Gasteiger partial charge in [-0.05, 0) is 48.7 Å². The molecule has 0 unspecified atom stereocenters. The van der Waals surface area contributed by atoms with Gasteiger partial charge in [0.15, 0.2) is 5.76 Å². The molecule has 1 aromatic heterocycles. The Morgan fingerprint density at radius 1 is 0.935 bits per heavy atom. The molecule has 6 heteroatoms. The molecule has 2 aromatic carbocycles. The lowest BCUT2D eigenvalue weighted by Gasteiger charge is -2.38. The maximum atomic E-state index is 13.4. The van der Waals surface area contributed by atoms with Crippen molar-refractivity contribution in [3.8, 4) is 0 Å². The number of benzene rings is 2. The Labute approximate surface area is 182 Å². The normalized spacial score (nSPS) is 15.5. The van der Waals surface area contributed by atoms with Crippen molar-refractivity contribution in [2.75, 3.05) is 31.5 Å². The predicted molar refractivity (Wildman–Crippen MR) is 120 cm³/mol. The summed E-state index contributed by atoms with van der Waals surface area (Å²) in [5.74, 6) is 0.173. The van der Waals surface area contributed by atoms with E-state index in [9.17, 15) is 9.59 Å². The first kappa shape index (κ1) is 20.9. The minimum atomic E-state index is -0.429. The van der Waals surface area contributed by atoms with Crippen molar-refractivity contribution in [1.82, 2.24) is 9.80 Å². The summed E-state index contributed by atoms with van der Waals surface area (Å²) in [4.78, 5) is 29.9. The van der Waals surface area contributed by atoms with Crippen molar-refractivity contribution in [1.29, 1.82) is 0 Å². The molecular weight excluding hydrogens is 390 g/mol. The summed E-state index contributed by atoms with van der Waals surface area (Å²) in [5.41, 5.74) is 3.90. The van der Waals surface area contributed by atoms with E-state index in [-0.39, 0.29) is 11.8 Å². The number of amides is 2. The SMILES string of the molecule is Cc1ccc(C)c(NC(=O)[C@@H](c2ccccc2)N2CCN(C(=O)c3ccco3)CC2)c1. The van der Waals surface area contributed by atoms with Gasteiger partial charge in [-0.2, -0.15) is 0 Å². The smallest absolute Gasteiger partial charge is 0.289 e. The van der Waals surface area contributed by atoms with Gasteiger partial charge >= 0.3 is 0 Å². The zero-order valence-corrected chi connectivity index (χ0v) is 17.9. The molecule has 3 aromatic rings.